The van der Waals surface area contributed by atoms with Gasteiger partial charge in [-0.05, 0) is 36.6 Å². The minimum Gasteiger partial charge on any atom is -0.350 e. The van der Waals surface area contributed by atoms with Crippen LogP contribution in [-0.4, -0.2) is 30.8 Å². The molecule has 3 heterocycles. The first-order valence-electron chi connectivity index (χ1n) is 7.58. The summed E-state index contributed by atoms with van der Waals surface area (Å²) in [6.07, 6.45) is 0. The van der Waals surface area contributed by atoms with Gasteiger partial charge in [0.05, 0.1) is 17.1 Å². The molecule has 0 aliphatic heterocycles. The van der Waals surface area contributed by atoms with Crippen LogP contribution in [0.2, 0.25) is 0 Å². The molecule has 1 amide bonds. The van der Waals surface area contributed by atoms with Gasteiger partial charge < -0.3 is 5.32 Å². The Morgan fingerprint density at radius 1 is 1.24 bits per heavy atom. The highest BCUT2D eigenvalue weighted by atomic mass is 32.1. The van der Waals surface area contributed by atoms with Crippen molar-refractivity contribution in [2.24, 2.45) is 0 Å². The maximum Gasteiger partial charge on any atom is 0.262 e. The maximum absolute atomic E-state index is 12.5. The van der Waals surface area contributed by atoms with Gasteiger partial charge in [0.2, 0.25) is 0 Å². The van der Waals surface area contributed by atoms with Crippen LogP contribution < -0.4 is 10.9 Å². The van der Waals surface area contributed by atoms with E-state index in [0.29, 0.717) is 35.4 Å². The first kappa shape index (κ1) is 15.9. The Bertz CT molecular complexity index is 1140. The summed E-state index contributed by atoms with van der Waals surface area (Å²) in [6.45, 7) is 2.51. The molecule has 3 aromatic heterocycles. The molecule has 0 aliphatic rings. The Morgan fingerprint density at radius 2 is 2.08 bits per heavy atom. The fraction of sp³-hybridized carbons (Fsp3) is 0.188. The van der Waals surface area contributed by atoms with Gasteiger partial charge in [0, 0.05) is 18.7 Å². The molecule has 126 valence electrons. The highest BCUT2D eigenvalue weighted by molar-refractivity contribution is 7.16. The molecule has 4 aromatic rings. The lowest BCUT2D eigenvalue weighted by Gasteiger charge is -2.10. The Labute approximate surface area is 150 Å². The van der Waals surface area contributed by atoms with E-state index in [1.54, 1.807) is 35.8 Å². The number of benzene rings is 1. The zero-order chi connectivity index (χ0) is 17.4. The second-order valence-electron chi connectivity index (χ2n) is 5.48. The van der Waals surface area contributed by atoms with Crippen LogP contribution in [0.15, 0.2) is 34.4 Å². The SMILES string of the molecule is Cc1nc2sccc2c(=O)n1CCNC(=O)c1ccc2nsnc2c1. The molecule has 0 saturated carbocycles. The van der Waals surface area contributed by atoms with Crippen molar-refractivity contribution in [2.45, 2.75) is 13.5 Å². The van der Waals surface area contributed by atoms with Crippen LogP contribution in [0.25, 0.3) is 21.3 Å². The molecule has 0 spiro atoms. The highest BCUT2D eigenvalue weighted by Gasteiger charge is 2.11. The largest absolute Gasteiger partial charge is 0.350 e. The lowest BCUT2D eigenvalue weighted by molar-refractivity contribution is 0.0952. The topological polar surface area (TPSA) is 89.8 Å². The van der Waals surface area contributed by atoms with Crippen molar-refractivity contribution < 1.29 is 4.79 Å². The molecule has 0 aliphatic carbocycles. The van der Waals surface area contributed by atoms with Gasteiger partial charge in [-0.1, -0.05) is 0 Å². The molecule has 0 radical (unpaired) electrons. The van der Waals surface area contributed by atoms with Crippen molar-refractivity contribution in [3.05, 3.63) is 51.4 Å². The highest BCUT2D eigenvalue weighted by Crippen LogP contribution is 2.15. The predicted molar refractivity (Wildman–Crippen MR) is 98.4 cm³/mol. The molecule has 0 fully saturated rings. The number of fused-ring (bicyclic) bond motifs is 2. The van der Waals surface area contributed by atoms with E-state index in [-0.39, 0.29) is 11.5 Å². The van der Waals surface area contributed by atoms with E-state index in [4.69, 9.17) is 0 Å². The third-order valence-electron chi connectivity index (χ3n) is 3.91. The number of aryl methyl sites for hydroxylation is 1. The molecule has 0 saturated heterocycles. The minimum absolute atomic E-state index is 0.0760. The van der Waals surface area contributed by atoms with E-state index in [9.17, 15) is 9.59 Å². The van der Waals surface area contributed by atoms with Crippen molar-refractivity contribution in [3.63, 3.8) is 0 Å². The zero-order valence-corrected chi connectivity index (χ0v) is 14.9. The van der Waals surface area contributed by atoms with Crippen molar-refractivity contribution in [3.8, 4) is 0 Å². The number of nitrogens with zero attached hydrogens (tertiary/aromatic N) is 4. The van der Waals surface area contributed by atoms with Crippen LogP contribution in [0.5, 0.6) is 0 Å². The molecule has 1 aromatic carbocycles. The average Bonchev–Trinajstić information content (AvgIpc) is 3.25. The van der Waals surface area contributed by atoms with Crippen molar-refractivity contribution in [1.29, 1.82) is 0 Å². The molecule has 7 nitrogen and oxygen atoms in total. The summed E-state index contributed by atoms with van der Waals surface area (Å²) in [7, 11) is 0. The summed E-state index contributed by atoms with van der Waals surface area (Å²) >= 11 is 2.56. The van der Waals surface area contributed by atoms with Gasteiger partial charge in [0.15, 0.2) is 0 Å². The number of aromatic nitrogens is 4. The van der Waals surface area contributed by atoms with E-state index in [1.165, 1.54) is 11.3 Å². The molecule has 9 heteroatoms. The van der Waals surface area contributed by atoms with Crippen LogP contribution in [0.1, 0.15) is 16.2 Å². The van der Waals surface area contributed by atoms with Gasteiger partial charge in [-0.15, -0.1) is 11.3 Å². The summed E-state index contributed by atoms with van der Waals surface area (Å²) in [6, 6.07) is 6.98. The summed E-state index contributed by atoms with van der Waals surface area (Å²) in [4.78, 5) is 29.9. The molecule has 1 N–H and O–H groups in total. The Balaban J connectivity index is 1.48. The van der Waals surface area contributed by atoms with Crippen LogP contribution in [-0.2, 0) is 6.54 Å². The summed E-state index contributed by atoms with van der Waals surface area (Å²) in [5.41, 5.74) is 1.93. The van der Waals surface area contributed by atoms with Crippen LogP contribution in [0.4, 0.5) is 0 Å². The van der Waals surface area contributed by atoms with Crippen LogP contribution in [0, 0.1) is 6.92 Å². The standard InChI is InChI=1S/C16H13N5O2S2/c1-9-18-15-11(4-7-24-15)16(23)21(9)6-5-17-14(22)10-2-3-12-13(8-10)20-25-19-12/h2-4,7-8H,5-6H2,1H3,(H,17,22). The molecular weight excluding hydrogens is 358 g/mol. The van der Waals surface area contributed by atoms with E-state index < -0.39 is 0 Å². The number of amides is 1. The van der Waals surface area contributed by atoms with Gasteiger partial charge >= 0.3 is 0 Å². The zero-order valence-electron chi connectivity index (χ0n) is 13.2. The quantitative estimate of drug-likeness (QED) is 0.594. The lowest BCUT2D eigenvalue weighted by atomic mass is 10.2. The van der Waals surface area contributed by atoms with Crippen molar-refractivity contribution in [2.75, 3.05) is 6.54 Å². The summed E-state index contributed by atoms with van der Waals surface area (Å²) in [5, 5.41) is 5.30. The van der Waals surface area contributed by atoms with E-state index in [2.05, 4.69) is 19.0 Å². The molecule has 0 unspecified atom stereocenters. The first-order chi connectivity index (χ1) is 12.1. The maximum atomic E-state index is 12.5. The monoisotopic (exact) mass is 371 g/mol. The minimum atomic E-state index is -0.204. The fourth-order valence-electron chi connectivity index (χ4n) is 2.62. The molecule has 0 bridgehead atoms. The number of rotatable bonds is 4. The Kier molecular flexibility index (Phi) is 4.02. The van der Waals surface area contributed by atoms with Crippen molar-refractivity contribution >= 4 is 50.2 Å². The van der Waals surface area contributed by atoms with Crippen LogP contribution >= 0.6 is 23.1 Å². The number of hydrogen-bond acceptors (Lipinski definition) is 7. The van der Waals surface area contributed by atoms with Gasteiger partial charge in [-0.2, -0.15) is 8.75 Å². The third kappa shape index (κ3) is 2.92. The second kappa shape index (κ2) is 6.34. The van der Waals surface area contributed by atoms with Gasteiger partial charge in [0.25, 0.3) is 11.5 Å². The number of nitrogens with one attached hydrogen (secondary N) is 1. The van der Waals surface area contributed by atoms with E-state index >= 15 is 0 Å². The van der Waals surface area contributed by atoms with Gasteiger partial charge in [0.1, 0.15) is 21.7 Å². The second-order valence-corrected chi connectivity index (χ2v) is 6.90. The summed E-state index contributed by atoms with van der Waals surface area (Å²) in [5.74, 6) is 0.439. The Morgan fingerprint density at radius 3 is 2.96 bits per heavy atom. The third-order valence-corrected chi connectivity index (χ3v) is 5.27. The van der Waals surface area contributed by atoms with Gasteiger partial charge in [-0.25, -0.2) is 4.98 Å². The van der Waals surface area contributed by atoms with Crippen molar-refractivity contribution in [1.82, 2.24) is 23.6 Å². The predicted octanol–water partition coefficient (Wildman–Crippen LogP) is 2.20. The number of hydrogen-bond donors (Lipinski definition) is 1. The average molecular weight is 371 g/mol. The molecule has 4 rings (SSSR count). The van der Waals surface area contributed by atoms with Crippen LogP contribution in [0.3, 0.4) is 0 Å². The van der Waals surface area contributed by atoms with E-state index in [0.717, 1.165) is 22.1 Å². The Hall–Kier alpha value is -2.65. The van der Waals surface area contributed by atoms with Gasteiger partial charge in [-0.3, -0.25) is 14.2 Å². The smallest absolute Gasteiger partial charge is 0.262 e. The normalized spacial score (nSPS) is 11.2. The van der Waals surface area contributed by atoms with E-state index in [1.807, 2.05) is 5.38 Å². The molecule has 25 heavy (non-hydrogen) atoms. The molecule has 0 atom stereocenters. The number of carbonyl (C=O) groups excluding carboxylic acids is 1. The summed E-state index contributed by atoms with van der Waals surface area (Å²) < 4.78 is 9.84. The fourth-order valence-corrected chi connectivity index (χ4v) is 3.94. The lowest BCUT2D eigenvalue weighted by Crippen LogP contribution is -2.32. The first-order valence-corrected chi connectivity index (χ1v) is 9.19. The number of carbonyl (C=O) groups is 1. The molecular formula is C16H13N5O2S2. The number of thiophene rings is 1.